The highest BCUT2D eigenvalue weighted by atomic mass is 15.1. The molecule has 2 aliphatic rings. The second kappa shape index (κ2) is 6.06. The summed E-state index contributed by atoms with van der Waals surface area (Å²) >= 11 is 0. The molecule has 1 aromatic rings. The average molecular weight is 258 g/mol. The first-order valence-electron chi connectivity index (χ1n) is 7.92. The highest BCUT2D eigenvalue weighted by Crippen LogP contribution is 2.25. The molecule has 1 fully saturated rings. The fourth-order valence-electron chi connectivity index (χ4n) is 3.64. The first-order chi connectivity index (χ1) is 9.36. The lowest BCUT2D eigenvalue weighted by Gasteiger charge is -2.28. The van der Waals surface area contributed by atoms with E-state index >= 15 is 0 Å². The van der Waals surface area contributed by atoms with E-state index in [1.54, 1.807) is 5.56 Å². The van der Waals surface area contributed by atoms with E-state index in [0.717, 1.165) is 25.7 Å². The fraction of sp³-hybridized carbons (Fsp3) is 0.647. The largest absolute Gasteiger partial charge is 0.312 e. The van der Waals surface area contributed by atoms with Crippen LogP contribution in [0.3, 0.4) is 0 Å². The van der Waals surface area contributed by atoms with Gasteiger partial charge in [0.2, 0.25) is 0 Å². The minimum atomic E-state index is 0.833. The highest BCUT2D eigenvalue weighted by Gasteiger charge is 2.21. The summed E-state index contributed by atoms with van der Waals surface area (Å²) < 4.78 is 0. The van der Waals surface area contributed by atoms with Gasteiger partial charge in [0.15, 0.2) is 0 Å². The molecular weight excluding hydrogens is 232 g/mol. The van der Waals surface area contributed by atoms with Crippen molar-refractivity contribution < 1.29 is 0 Å². The zero-order chi connectivity index (χ0) is 13.1. The molecule has 0 aromatic heterocycles. The normalized spacial score (nSPS) is 19.9. The number of hydrogen-bond acceptors (Lipinski definition) is 2. The van der Waals surface area contributed by atoms with Crippen LogP contribution in [0, 0.1) is 0 Å². The maximum Gasteiger partial charge on any atom is 0.0236 e. The lowest BCUT2D eigenvalue weighted by Crippen LogP contribution is -2.32. The van der Waals surface area contributed by atoms with Crippen molar-refractivity contribution in [3.8, 4) is 0 Å². The molecule has 2 nitrogen and oxygen atoms in total. The summed E-state index contributed by atoms with van der Waals surface area (Å²) in [6, 6.07) is 7.97. The van der Waals surface area contributed by atoms with Crippen molar-refractivity contribution in [3.05, 3.63) is 34.9 Å². The van der Waals surface area contributed by atoms with Gasteiger partial charge in [0, 0.05) is 19.1 Å². The molecule has 1 heterocycles. The van der Waals surface area contributed by atoms with Crippen molar-refractivity contribution in [1.29, 1.82) is 0 Å². The minimum Gasteiger partial charge on any atom is -0.312 e. The molecule has 0 atom stereocenters. The third kappa shape index (κ3) is 3.01. The summed E-state index contributed by atoms with van der Waals surface area (Å²) in [5, 5.41) is 3.48. The molecule has 1 aliphatic heterocycles. The Labute approximate surface area is 117 Å². The fourth-order valence-corrected chi connectivity index (χ4v) is 3.64. The van der Waals surface area contributed by atoms with Gasteiger partial charge in [-0.3, -0.25) is 4.90 Å². The van der Waals surface area contributed by atoms with Crippen LogP contribution in [0.2, 0.25) is 0 Å². The molecule has 19 heavy (non-hydrogen) atoms. The van der Waals surface area contributed by atoms with Gasteiger partial charge in [0.1, 0.15) is 0 Å². The van der Waals surface area contributed by atoms with Gasteiger partial charge in [-0.2, -0.15) is 0 Å². The van der Waals surface area contributed by atoms with E-state index in [2.05, 4.69) is 35.3 Å². The monoisotopic (exact) mass is 258 g/mol. The van der Waals surface area contributed by atoms with Gasteiger partial charge in [-0.05, 0) is 49.0 Å². The lowest BCUT2D eigenvalue weighted by atomic mass is 9.98. The standard InChI is InChI=1S/C17H26N2/c1-2-19(17-5-3-4-6-17)13-14-7-8-15-9-10-18-12-16(15)11-14/h7-8,11,17-18H,2-6,9-10,12-13H2,1H3. The van der Waals surface area contributed by atoms with Crippen molar-refractivity contribution in [2.75, 3.05) is 13.1 Å². The van der Waals surface area contributed by atoms with Crippen LogP contribution < -0.4 is 5.32 Å². The van der Waals surface area contributed by atoms with Gasteiger partial charge in [-0.1, -0.05) is 38.0 Å². The van der Waals surface area contributed by atoms with Crippen molar-refractivity contribution in [1.82, 2.24) is 10.2 Å². The predicted octanol–water partition coefficient (Wildman–Crippen LogP) is 3.10. The van der Waals surface area contributed by atoms with Crippen LogP contribution in [-0.2, 0) is 19.5 Å². The Morgan fingerprint density at radius 2 is 2.05 bits per heavy atom. The molecular formula is C17H26N2. The molecule has 0 amide bonds. The summed E-state index contributed by atoms with van der Waals surface area (Å²) in [6.07, 6.45) is 6.85. The summed E-state index contributed by atoms with van der Waals surface area (Å²) in [4.78, 5) is 2.67. The molecule has 104 valence electrons. The maximum absolute atomic E-state index is 3.48. The SMILES string of the molecule is CCN(Cc1ccc2c(c1)CNCC2)C1CCCC1. The summed E-state index contributed by atoms with van der Waals surface area (Å²) in [5.74, 6) is 0. The van der Waals surface area contributed by atoms with Crippen LogP contribution in [-0.4, -0.2) is 24.0 Å². The van der Waals surface area contributed by atoms with Gasteiger partial charge in [0.05, 0.1) is 0 Å². The molecule has 0 spiro atoms. The van der Waals surface area contributed by atoms with Crippen LogP contribution >= 0.6 is 0 Å². The first-order valence-corrected chi connectivity index (χ1v) is 7.92. The summed E-state index contributed by atoms with van der Waals surface area (Å²) in [5.41, 5.74) is 4.56. The number of fused-ring (bicyclic) bond motifs is 1. The number of nitrogens with one attached hydrogen (secondary N) is 1. The molecule has 2 heteroatoms. The smallest absolute Gasteiger partial charge is 0.0236 e. The molecule has 1 saturated carbocycles. The maximum atomic E-state index is 3.48. The highest BCUT2D eigenvalue weighted by molar-refractivity contribution is 5.33. The second-order valence-corrected chi connectivity index (χ2v) is 6.03. The van der Waals surface area contributed by atoms with Crippen LogP contribution in [0.15, 0.2) is 18.2 Å². The van der Waals surface area contributed by atoms with Crippen molar-refractivity contribution in [3.63, 3.8) is 0 Å². The van der Waals surface area contributed by atoms with Crippen LogP contribution in [0.4, 0.5) is 0 Å². The van der Waals surface area contributed by atoms with E-state index in [1.165, 1.54) is 49.8 Å². The van der Waals surface area contributed by atoms with Crippen LogP contribution in [0.25, 0.3) is 0 Å². The Kier molecular flexibility index (Phi) is 4.19. The van der Waals surface area contributed by atoms with Crippen molar-refractivity contribution in [2.45, 2.75) is 58.2 Å². The minimum absolute atomic E-state index is 0.833. The third-order valence-corrected chi connectivity index (χ3v) is 4.79. The summed E-state index contributed by atoms with van der Waals surface area (Å²) in [6.45, 7) is 6.81. The van der Waals surface area contributed by atoms with E-state index in [1.807, 2.05) is 0 Å². The Hall–Kier alpha value is -0.860. The van der Waals surface area contributed by atoms with E-state index in [-0.39, 0.29) is 0 Å². The number of benzene rings is 1. The van der Waals surface area contributed by atoms with Gasteiger partial charge in [-0.15, -0.1) is 0 Å². The Bertz CT molecular complexity index is 421. The van der Waals surface area contributed by atoms with E-state index < -0.39 is 0 Å². The number of rotatable bonds is 4. The third-order valence-electron chi connectivity index (χ3n) is 4.79. The van der Waals surface area contributed by atoms with Crippen molar-refractivity contribution in [2.24, 2.45) is 0 Å². The zero-order valence-corrected chi connectivity index (χ0v) is 12.1. The molecule has 0 saturated heterocycles. The van der Waals surface area contributed by atoms with Crippen LogP contribution in [0.5, 0.6) is 0 Å². The molecule has 0 bridgehead atoms. The number of hydrogen-bond donors (Lipinski definition) is 1. The summed E-state index contributed by atoms with van der Waals surface area (Å²) in [7, 11) is 0. The van der Waals surface area contributed by atoms with Gasteiger partial charge in [-0.25, -0.2) is 0 Å². The topological polar surface area (TPSA) is 15.3 Å². The average Bonchev–Trinajstić information content (AvgIpc) is 2.98. The Balaban J connectivity index is 1.71. The molecule has 1 aromatic carbocycles. The molecule has 0 radical (unpaired) electrons. The first kappa shape index (κ1) is 13.1. The van der Waals surface area contributed by atoms with Gasteiger partial charge in [0.25, 0.3) is 0 Å². The predicted molar refractivity (Wildman–Crippen MR) is 80.2 cm³/mol. The zero-order valence-electron chi connectivity index (χ0n) is 12.1. The molecule has 3 rings (SSSR count). The van der Waals surface area contributed by atoms with Crippen LogP contribution in [0.1, 0.15) is 49.3 Å². The quantitative estimate of drug-likeness (QED) is 0.893. The Morgan fingerprint density at radius 3 is 2.84 bits per heavy atom. The Morgan fingerprint density at radius 1 is 1.21 bits per heavy atom. The van der Waals surface area contributed by atoms with E-state index in [0.29, 0.717) is 0 Å². The second-order valence-electron chi connectivity index (χ2n) is 6.03. The number of nitrogens with zero attached hydrogens (tertiary/aromatic N) is 1. The molecule has 1 N–H and O–H groups in total. The van der Waals surface area contributed by atoms with E-state index in [9.17, 15) is 0 Å². The van der Waals surface area contributed by atoms with E-state index in [4.69, 9.17) is 0 Å². The van der Waals surface area contributed by atoms with Gasteiger partial charge >= 0.3 is 0 Å². The molecule has 1 aliphatic carbocycles. The van der Waals surface area contributed by atoms with Crippen molar-refractivity contribution >= 4 is 0 Å². The van der Waals surface area contributed by atoms with Gasteiger partial charge < -0.3 is 5.32 Å². The lowest BCUT2D eigenvalue weighted by molar-refractivity contribution is 0.200. The molecule has 0 unspecified atom stereocenters.